The zero-order chi connectivity index (χ0) is 22.0. The van der Waals surface area contributed by atoms with E-state index in [2.05, 4.69) is 19.9 Å². The minimum Gasteiger partial charge on any atom is -0.259 e. The molecule has 1 atom stereocenters. The number of sulfonamides is 1. The van der Waals surface area contributed by atoms with Gasteiger partial charge in [-0.3, -0.25) is 4.40 Å². The number of hydrogen-bond donors (Lipinski definition) is 1. The Morgan fingerprint density at radius 3 is 2.48 bits per heavy atom. The third-order valence-corrected chi connectivity index (χ3v) is 7.55. The van der Waals surface area contributed by atoms with Crippen LogP contribution in [-0.4, -0.2) is 34.5 Å². The lowest BCUT2D eigenvalue weighted by Crippen LogP contribution is -2.27. The molecule has 0 aliphatic heterocycles. The summed E-state index contributed by atoms with van der Waals surface area (Å²) in [6.07, 6.45) is 0. The molecule has 160 valence electrons. The molecule has 2 heterocycles. The van der Waals surface area contributed by atoms with Crippen LogP contribution in [0.25, 0.3) is 5.78 Å². The summed E-state index contributed by atoms with van der Waals surface area (Å²) in [6.45, 7) is 4.05. The van der Waals surface area contributed by atoms with E-state index < -0.39 is 10.0 Å². The summed E-state index contributed by atoms with van der Waals surface area (Å²) in [5, 5.41) is 9.39. The number of hydrogen-bond acceptors (Lipinski definition) is 6. The van der Waals surface area contributed by atoms with Crippen LogP contribution in [0.15, 0.2) is 70.7 Å². The van der Waals surface area contributed by atoms with Gasteiger partial charge in [-0.1, -0.05) is 53.7 Å². The lowest BCUT2D eigenvalue weighted by atomic mass is 10.1. The molecule has 0 aliphatic carbocycles. The third kappa shape index (κ3) is 4.90. The van der Waals surface area contributed by atoms with Gasteiger partial charge in [0.25, 0.3) is 5.78 Å². The van der Waals surface area contributed by atoms with Crippen LogP contribution in [0.4, 0.5) is 0 Å². The molecular formula is C21H20ClN5O2S2. The van der Waals surface area contributed by atoms with Gasteiger partial charge in [-0.2, -0.15) is 0 Å². The second-order valence-corrected chi connectivity index (χ2v) is 10.4. The molecule has 10 heteroatoms. The van der Waals surface area contributed by atoms with Crippen LogP contribution in [0.3, 0.4) is 0 Å². The first-order chi connectivity index (χ1) is 14.8. The number of thioether (sulfide) groups is 1. The second-order valence-electron chi connectivity index (χ2n) is 6.98. The van der Waals surface area contributed by atoms with Gasteiger partial charge in [0, 0.05) is 23.0 Å². The van der Waals surface area contributed by atoms with Crippen molar-refractivity contribution in [1.29, 1.82) is 0 Å². The number of aromatic nitrogens is 4. The number of fused-ring (bicyclic) bond motifs is 1. The SMILES string of the molecule is Cc1cc(C)n2c(SC(CNS(=O)(=O)c3ccc(Cl)cc3)c3ccccc3)nnc2n1. The second kappa shape index (κ2) is 8.96. The van der Waals surface area contributed by atoms with Crippen molar-refractivity contribution in [1.82, 2.24) is 24.3 Å². The lowest BCUT2D eigenvalue weighted by molar-refractivity contribution is 0.581. The Balaban J connectivity index is 1.62. The van der Waals surface area contributed by atoms with E-state index in [1.165, 1.54) is 23.9 Å². The quantitative estimate of drug-likeness (QED) is 0.404. The van der Waals surface area contributed by atoms with E-state index in [1.54, 1.807) is 12.1 Å². The Labute approximate surface area is 189 Å². The van der Waals surface area contributed by atoms with Crippen molar-refractivity contribution in [3.63, 3.8) is 0 Å². The predicted molar refractivity (Wildman–Crippen MR) is 122 cm³/mol. The smallest absolute Gasteiger partial charge is 0.256 e. The maximum Gasteiger partial charge on any atom is 0.256 e. The van der Waals surface area contributed by atoms with Gasteiger partial charge in [0.1, 0.15) is 0 Å². The molecule has 0 bridgehead atoms. The van der Waals surface area contributed by atoms with Gasteiger partial charge in [0.05, 0.1) is 10.1 Å². The van der Waals surface area contributed by atoms with Crippen molar-refractivity contribution in [2.24, 2.45) is 0 Å². The Morgan fingerprint density at radius 2 is 1.77 bits per heavy atom. The van der Waals surface area contributed by atoms with Crippen LogP contribution in [0.5, 0.6) is 0 Å². The summed E-state index contributed by atoms with van der Waals surface area (Å²) in [4.78, 5) is 4.59. The zero-order valence-electron chi connectivity index (χ0n) is 16.9. The maximum absolute atomic E-state index is 12.8. The summed E-state index contributed by atoms with van der Waals surface area (Å²) in [7, 11) is -3.69. The van der Waals surface area contributed by atoms with Gasteiger partial charge in [-0.15, -0.1) is 10.2 Å². The standard InChI is InChI=1S/C21H20ClN5O2S2/c1-14-12-15(2)27-20(24-14)25-26-21(27)30-19(16-6-4-3-5-7-16)13-23-31(28,29)18-10-8-17(22)9-11-18/h3-12,19,23H,13H2,1-2H3. The van der Waals surface area contributed by atoms with Gasteiger partial charge >= 0.3 is 0 Å². The molecule has 0 aliphatic rings. The van der Waals surface area contributed by atoms with Crippen LogP contribution in [-0.2, 0) is 10.0 Å². The summed E-state index contributed by atoms with van der Waals surface area (Å²) in [5.74, 6) is 0.522. The van der Waals surface area contributed by atoms with Crippen molar-refractivity contribution < 1.29 is 8.42 Å². The average molecular weight is 474 g/mol. The van der Waals surface area contributed by atoms with Crippen LogP contribution in [0.1, 0.15) is 22.2 Å². The van der Waals surface area contributed by atoms with Crippen molar-refractivity contribution in [3.8, 4) is 0 Å². The van der Waals surface area contributed by atoms with Crippen LogP contribution in [0.2, 0.25) is 5.02 Å². The van der Waals surface area contributed by atoms with Gasteiger partial charge < -0.3 is 0 Å². The lowest BCUT2D eigenvalue weighted by Gasteiger charge is -2.17. The molecule has 4 aromatic rings. The Bertz CT molecular complexity index is 1310. The monoisotopic (exact) mass is 473 g/mol. The number of halogens is 1. The summed E-state index contributed by atoms with van der Waals surface area (Å²) in [5.41, 5.74) is 2.80. The predicted octanol–water partition coefficient (Wildman–Crippen LogP) is 4.21. The number of benzene rings is 2. The largest absolute Gasteiger partial charge is 0.259 e. The first kappa shape index (κ1) is 21.8. The summed E-state index contributed by atoms with van der Waals surface area (Å²) >= 11 is 7.32. The molecule has 0 radical (unpaired) electrons. The summed E-state index contributed by atoms with van der Waals surface area (Å²) < 4.78 is 30.1. The Morgan fingerprint density at radius 1 is 1.06 bits per heavy atom. The van der Waals surface area contributed by atoms with E-state index in [-0.39, 0.29) is 16.7 Å². The molecule has 0 saturated heterocycles. The fourth-order valence-corrected chi connectivity index (χ4v) is 5.59. The molecule has 0 saturated carbocycles. The minimum absolute atomic E-state index is 0.164. The first-order valence-electron chi connectivity index (χ1n) is 9.50. The van der Waals surface area contributed by atoms with E-state index in [4.69, 9.17) is 11.6 Å². The molecule has 0 fully saturated rings. The molecular weight excluding hydrogens is 454 g/mol. The molecule has 1 N–H and O–H groups in total. The van der Waals surface area contributed by atoms with Crippen molar-refractivity contribution >= 4 is 39.2 Å². The first-order valence-corrected chi connectivity index (χ1v) is 12.2. The number of aryl methyl sites for hydroxylation is 2. The van der Waals surface area contributed by atoms with E-state index >= 15 is 0 Å². The minimum atomic E-state index is -3.69. The van der Waals surface area contributed by atoms with E-state index in [0.29, 0.717) is 16.0 Å². The average Bonchev–Trinajstić information content (AvgIpc) is 3.15. The van der Waals surface area contributed by atoms with Gasteiger partial charge in [-0.25, -0.2) is 18.1 Å². The van der Waals surface area contributed by atoms with Crippen molar-refractivity contribution in [3.05, 3.63) is 82.6 Å². The number of nitrogens with one attached hydrogen (secondary N) is 1. The van der Waals surface area contributed by atoms with Crippen LogP contribution in [0, 0.1) is 13.8 Å². The molecule has 0 amide bonds. The van der Waals surface area contributed by atoms with Gasteiger partial charge in [0.2, 0.25) is 10.0 Å². The van der Waals surface area contributed by atoms with E-state index in [0.717, 1.165) is 17.0 Å². The van der Waals surface area contributed by atoms with E-state index in [9.17, 15) is 8.42 Å². The Kier molecular flexibility index (Phi) is 6.29. The van der Waals surface area contributed by atoms with Crippen molar-refractivity contribution in [2.45, 2.75) is 29.1 Å². The van der Waals surface area contributed by atoms with Gasteiger partial charge in [0.15, 0.2) is 5.16 Å². The normalized spacial score (nSPS) is 12.9. The molecule has 4 rings (SSSR count). The van der Waals surface area contributed by atoms with Gasteiger partial charge in [-0.05, 0) is 49.7 Å². The highest BCUT2D eigenvalue weighted by molar-refractivity contribution is 7.99. The fraction of sp³-hybridized carbons (Fsp3) is 0.190. The highest BCUT2D eigenvalue weighted by Gasteiger charge is 2.22. The zero-order valence-corrected chi connectivity index (χ0v) is 19.2. The number of rotatable bonds is 7. The Hall–Kier alpha value is -2.46. The highest BCUT2D eigenvalue weighted by atomic mass is 35.5. The topological polar surface area (TPSA) is 89.2 Å². The van der Waals surface area contributed by atoms with Crippen molar-refractivity contribution in [2.75, 3.05) is 6.54 Å². The highest BCUT2D eigenvalue weighted by Crippen LogP contribution is 2.34. The van der Waals surface area contributed by atoms with Crippen LogP contribution >= 0.6 is 23.4 Å². The van der Waals surface area contributed by atoms with E-state index in [1.807, 2.05) is 54.6 Å². The molecule has 2 aromatic carbocycles. The molecule has 7 nitrogen and oxygen atoms in total. The third-order valence-electron chi connectivity index (χ3n) is 4.66. The summed E-state index contributed by atoms with van der Waals surface area (Å²) in [6, 6.07) is 17.7. The molecule has 31 heavy (non-hydrogen) atoms. The molecule has 0 spiro atoms. The molecule has 1 unspecified atom stereocenters. The number of nitrogens with zero attached hydrogens (tertiary/aromatic N) is 4. The fourth-order valence-electron chi connectivity index (χ4n) is 3.18. The van der Waals surface area contributed by atoms with Crippen LogP contribution < -0.4 is 4.72 Å². The maximum atomic E-state index is 12.8. The molecule has 2 aromatic heterocycles.